The molecular weight excluding hydrogens is 542 g/mol. The Labute approximate surface area is 231 Å². The second kappa shape index (κ2) is 10.5. The summed E-state index contributed by atoms with van der Waals surface area (Å²) in [5, 5.41) is 8.74. The van der Waals surface area contributed by atoms with Crippen LogP contribution in [0, 0.1) is 0 Å². The summed E-state index contributed by atoms with van der Waals surface area (Å²) in [6.07, 6.45) is 0. The van der Waals surface area contributed by atoms with Gasteiger partial charge in [-0.3, -0.25) is 0 Å². The minimum absolute atomic E-state index is 0.788. The fraction of sp³-hybridized carbons (Fsp3) is 0. The van der Waals surface area contributed by atoms with Gasteiger partial charge in [0.25, 0.3) is 0 Å². The van der Waals surface area contributed by atoms with Crippen LogP contribution in [0.15, 0.2) is 144 Å². The van der Waals surface area contributed by atoms with Gasteiger partial charge < -0.3 is 9.13 Å². The van der Waals surface area contributed by atoms with Crippen LogP contribution in [0.5, 0.6) is 0 Å². The van der Waals surface area contributed by atoms with Crippen LogP contribution >= 0.6 is 37.0 Å². The molecule has 0 radical (unpaired) electrons. The SMILES string of the molecule is O=P(c1ccccc1)(c1ccccc1)c1ccsc1-c1sccc1P(=O)(c1ccccc1)c1ccccc1. The molecule has 6 aromatic rings. The van der Waals surface area contributed by atoms with Crippen LogP contribution in [0.2, 0.25) is 0 Å². The summed E-state index contributed by atoms with van der Waals surface area (Å²) in [5.74, 6) is 0. The number of hydrogen-bond acceptors (Lipinski definition) is 4. The molecule has 6 heteroatoms. The maximum atomic E-state index is 15.2. The third-order valence-electron chi connectivity index (χ3n) is 6.65. The molecule has 0 spiro atoms. The third kappa shape index (κ3) is 4.19. The predicted octanol–water partition coefficient (Wildman–Crippen LogP) is 6.76. The molecule has 4 aromatic carbocycles. The summed E-state index contributed by atoms with van der Waals surface area (Å²) in [6.45, 7) is 0. The second-order valence-electron chi connectivity index (χ2n) is 8.83. The van der Waals surface area contributed by atoms with Gasteiger partial charge in [0.15, 0.2) is 14.3 Å². The molecule has 0 aliphatic carbocycles. The zero-order valence-electron chi connectivity index (χ0n) is 20.4. The summed E-state index contributed by atoms with van der Waals surface area (Å²) in [7, 11) is -6.39. The smallest absolute Gasteiger partial charge is 0.172 e. The minimum Gasteiger partial charge on any atom is -0.309 e. The van der Waals surface area contributed by atoms with Gasteiger partial charge in [0.1, 0.15) is 0 Å². The van der Waals surface area contributed by atoms with Crippen molar-refractivity contribution >= 4 is 68.8 Å². The first-order chi connectivity index (χ1) is 18.6. The highest BCUT2D eigenvalue weighted by atomic mass is 32.1. The van der Waals surface area contributed by atoms with E-state index in [1.807, 2.05) is 144 Å². The normalized spacial score (nSPS) is 11.9. The first kappa shape index (κ1) is 25.0. The van der Waals surface area contributed by atoms with E-state index in [-0.39, 0.29) is 0 Å². The van der Waals surface area contributed by atoms with E-state index in [4.69, 9.17) is 0 Å². The molecule has 0 aliphatic rings. The Bertz CT molecular complexity index is 1540. The summed E-state index contributed by atoms with van der Waals surface area (Å²) in [5.41, 5.74) is 0. The average Bonchev–Trinajstić information content (AvgIpc) is 3.69. The van der Waals surface area contributed by atoms with E-state index in [9.17, 15) is 0 Å². The molecule has 0 N–H and O–H groups in total. The Morgan fingerprint density at radius 3 is 0.895 bits per heavy atom. The molecule has 0 saturated heterocycles. The fourth-order valence-corrected chi connectivity index (χ4v) is 13.5. The predicted molar refractivity (Wildman–Crippen MR) is 166 cm³/mol. The Morgan fingerprint density at radius 2 is 0.632 bits per heavy atom. The van der Waals surface area contributed by atoms with Crippen LogP contribution in [0.3, 0.4) is 0 Å². The van der Waals surface area contributed by atoms with Gasteiger partial charge in [0.05, 0.1) is 9.75 Å². The van der Waals surface area contributed by atoms with E-state index in [2.05, 4.69) is 0 Å². The molecule has 0 saturated carbocycles. The van der Waals surface area contributed by atoms with Gasteiger partial charge in [0, 0.05) is 31.8 Å². The summed E-state index contributed by atoms with van der Waals surface area (Å²) < 4.78 is 30.5. The molecule has 0 bridgehead atoms. The van der Waals surface area contributed by atoms with Crippen molar-refractivity contribution in [3.05, 3.63) is 144 Å². The number of thiophene rings is 2. The number of benzene rings is 4. The molecule has 2 nitrogen and oxygen atoms in total. The lowest BCUT2D eigenvalue weighted by atomic mass is 10.3. The highest BCUT2D eigenvalue weighted by molar-refractivity contribution is 7.86. The van der Waals surface area contributed by atoms with Gasteiger partial charge in [-0.05, 0) is 22.9 Å². The van der Waals surface area contributed by atoms with E-state index < -0.39 is 14.3 Å². The maximum absolute atomic E-state index is 15.2. The monoisotopic (exact) mass is 566 g/mol. The maximum Gasteiger partial charge on any atom is 0.172 e. The standard InChI is InChI=1S/C32H24O2P2S2/c33-35(25-13-5-1-6-14-25,26-15-7-2-8-16-26)29-21-23-37-31(29)32-30(22-24-38-32)36(34,27-17-9-3-10-18-27)28-19-11-4-12-20-28/h1-24H. The van der Waals surface area contributed by atoms with E-state index in [0.29, 0.717) is 0 Å². The zero-order chi connectivity index (χ0) is 26.0. The topological polar surface area (TPSA) is 34.1 Å². The van der Waals surface area contributed by atoms with E-state index in [1.165, 1.54) is 0 Å². The lowest BCUT2D eigenvalue weighted by Crippen LogP contribution is -2.27. The molecule has 0 atom stereocenters. The first-order valence-corrected chi connectivity index (χ1v) is 17.4. The largest absolute Gasteiger partial charge is 0.309 e. The molecule has 38 heavy (non-hydrogen) atoms. The van der Waals surface area contributed by atoms with Gasteiger partial charge in [-0.1, -0.05) is 121 Å². The summed E-state index contributed by atoms with van der Waals surface area (Å²) >= 11 is 3.12. The highest BCUT2D eigenvalue weighted by Gasteiger charge is 2.37. The van der Waals surface area contributed by atoms with Crippen LogP contribution in [0.1, 0.15) is 0 Å². The van der Waals surface area contributed by atoms with Gasteiger partial charge in [-0.2, -0.15) is 0 Å². The molecule has 0 amide bonds. The van der Waals surface area contributed by atoms with Crippen molar-refractivity contribution in [3.8, 4) is 9.75 Å². The van der Waals surface area contributed by atoms with E-state index in [0.717, 1.165) is 41.6 Å². The van der Waals surface area contributed by atoms with E-state index in [1.54, 1.807) is 22.7 Å². The van der Waals surface area contributed by atoms with Crippen molar-refractivity contribution < 1.29 is 9.13 Å². The molecule has 0 aliphatic heterocycles. The molecule has 2 heterocycles. The zero-order valence-corrected chi connectivity index (χ0v) is 23.8. The second-order valence-corrected chi connectivity index (χ2v) is 16.1. The van der Waals surface area contributed by atoms with Crippen LogP contribution in [-0.4, -0.2) is 0 Å². The van der Waals surface area contributed by atoms with Crippen molar-refractivity contribution in [2.75, 3.05) is 0 Å². The van der Waals surface area contributed by atoms with Crippen LogP contribution in [0.4, 0.5) is 0 Å². The first-order valence-electron chi connectivity index (χ1n) is 12.2. The fourth-order valence-electron chi connectivity index (χ4n) is 4.85. The van der Waals surface area contributed by atoms with Crippen molar-refractivity contribution in [1.29, 1.82) is 0 Å². The molecule has 2 aromatic heterocycles. The van der Waals surface area contributed by atoms with Crippen molar-refractivity contribution in [2.45, 2.75) is 0 Å². The Balaban J connectivity index is 1.60. The van der Waals surface area contributed by atoms with Gasteiger partial charge in [-0.15, -0.1) is 22.7 Å². The van der Waals surface area contributed by atoms with E-state index >= 15 is 9.13 Å². The average molecular weight is 567 g/mol. The summed E-state index contributed by atoms with van der Waals surface area (Å²) in [4.78, 5) is 1.83. The van der Waals surface area contributed by atoms with Gasteiger partial charge in [-0.25, -0.2) is 0 Å². The molecule has 6 rings (SSSR count). The van der Waals surface area contributed by atoms with Gasteiger partial charge >= 0.3 is 0 Å². The Morgan fingerprint density at radius 1 is 0.368 bits per heavy atom. The lowest BCUT2D eigenvalue weighted by Gasteiger charge is -2.22. The number of rotatable bonds is 7. The van der Waals surface area contributed by atoms with Crippen LogP contribution < -0.4 is 31.8 Å². The minimum atomic E-state index is -3.20. The van der Waals surface area contributed by atoms with Crippen molar-refractivity contribution in [3.63, 3.8) is 0 Å². The quantitative estimate of drug-likeness (QED) is 0.200. The molecule has 0 fully saturated rings. The molecule has 186 valence electrons. The highest BCUT2D eigenvalue weighted by Crippen LogP contribution is 2.51. The van der Waals surface area contributed by atoms with Crippen LogP contribution in [0.25, 0.3) is 9.75 Å². The Hall–Kier alpha value is -3.26. The molecule has 0 unspecified atom stereocenters. The number of hydrogen-bond donors (Lipinski definition) is 0. The van der Waals surface area contributed by atoms with Crippen molar-refractivity contribution in [2.24, 2.45) is 0 Å². The summed E-state index contributed by atoms with van der Waals surface area (Å²) in [6, 6.07) is 42.8. The van der Waals surface area contributed by atoms with Crippen LogP contribution in [-0.2, 0) is 9.13 Å². The molecular formula is C32H24O2P2S2. The lowest BCUT2D eigenvalue weighted by molar-refractivity contribution is 0.591. The van der Waals surface area contributed by atoms with Crippen molar-refractivity contribution in [1.82, 2.24) is 0 Å². The van der Waals surface area contributed by atoms with Gasteiger partial charge in [0.2, 0.25) is 0 Å². The Kier molecular flexibility index (Phi) is 6.91. The third-order valence-corrected chi connectivity index (χ3v) is 15.2.